The van der Waals surface area contributed by atoms with Gasteiger partial charge in [0.1, 0.15) is 0 Å². The minimum Gasteiger partial charge on any atom is -0.396 e. The number of hydrogen-bond acceptors (Lipinski definition) is 3. The van der Waals surface area contributed by atoms with E-state index in [4.69, 9.17) is 5.73 Å². The van der Waals surface area contributed by atoms with Gasteiger partial charge in [0.2, 0.25) is 0 Å². The van der Waals surface area contributed by atoms with Gasteiger partial charge in [-0.3, -0.25) is 0 Å². The van der Waals surface area contributed by atoms with Crippen molar-refractivity contribution in [3.8, 4) is 0 Å². The summed E-state index contributed by atoms with van der Waals surface area (Å²) in [4.78, 5) is 0. The number of nitrogens with one attached hydrogen (secondary N) is 1. The molecule has 102 valence electrons. The van der Waals surface area contributed by atoms with Crippen molar-refractivity contribution in [2.24, 2.45) is 17.6 Å². The van der Waals surface area contributed by atoms with E-state index in [1.165, 1.54) is 32.1 Å². The van der Waals surface area contributed by atoms with Crippen LogP contribution in [0.1, 0.15) is 52.9 Å². The number of aliphatic hydroxyl groups excluding tert-OH is 1. The van der Waals surface area contributed by atoms with Gasteiger partial charge in [-0.05, 0) is 38.0 Å². The summed E-state index contributed by atoms with van der Waals surface area (Å²) in [6.45, 7) is 7.54. The van der Waals surface area contributed by atoms with Crippen LogP contribution in [-0.4, -0.2) is 29.8 Å². The van der Waals surface area contributed by atoms with Crippen LogP contribution >= 0.6 is 0 Å². The highest BCUT2D eigenvalue weighted by Crippen LogP contribution is 2.30. The summed E-state index contributed by atoms with van der Waals surface area (Å²) in [7, 11) is 0. The third-order valence-electron chi connectivity index (χ3n) is 4.53. The molecule has 1 fully saturated rings. The Morgan fingerprint density at radius 1 is 1.35 bits per heavy atom. The molecule has 0 heterocycles. The lowest BCUT2D eigenvalue weighted by atomic mass is 9.87. The highest BCUT2D eigenvalue weighted by atomic mass is 16.3. The molecule has 17 heavy (non-hydrogen) atoms. The van der Waals surface area contributed by atoms with Gasteiger partial charge in [0.25, 0.3) is 0 Å². The summed E-state index contributed by atoms with van der Waals surface area (Å²) >= 11 is 0. The SMILES string of the molecule is CC1CCCC(CN)(NC(C)C(C)CO)CC1. The van der Waals surface area contributed by atoms with Crippen LogP contribution in [0.3, 0.4) is 0 Å². The minimum atomic E-state index is 0.105. The first-order valence-corrected chi connectivity index (χ1v) is 7.11. The second kappa shape index (κ2) is 6.72. The average molecular weight is 242 g/mol. The molecule has 0 spiro atoms. The second-order valence-corrected chi connectivity index (χ2v) is 6.11. The number of hydrogen-bond donors (Lipinski definition) is 3. The molecule has 0 radical (unpaired) electrons. The predicted octanol–water partition coefficient (Wildman–Crippen LogP) is 1.89. The molecule has 1 rings (SSSR count). The van der Waals surface area contributed by atoms with Crippen molar-refractivity contribution in [1.82, 2.24) is 5.32 Å². The Bertz CT molecular complexity index is 222. The second-order valence-electron chi connectivity index (χ2n) is 6.11. The summed E-state index contributed by atoms with van der Waals surface area (Å²) in [6.07, 6.45) is 6.22. The highest BCUT2D eigenvalue weighted by molar-refractivity contribution is 4.94. The maximum absolute atomic E-state index is 9.22. The molecule has 4 unspecified atom stereocenters. The Morgan fingerprint density at radius 2 is 2.06 bits per heavy atom. The fourth-order valence-electron chi connectivity index (χ4n) is 2.77. The first kappa shape index (κ1) is 14.9. The van der Waals surface area contributed by atoms with Crippen molar-refractivity contribution in [3.63, 3.8) is 0 Å². The van der Waals surface area contributed by atoms with Crippen LogP contribution in [0.15, 0.2) is 0 Å². The third-order valence-corrected chi connectivity index (χ3v) is 4.53. The van der Waals surface area contributed by atoms with Crippen molar-refractivity contribution >= 4 is 0 Å². The molecular formula is C14H30N2O. The quantitative estimate of drug-likeness (QED) is 0.645. The molecule has 0 aliphatic heterocycles. The predicted molar refractivity (Wildman–Crippen MR) is 72.9 cm³/mol. The van der Waals surface area contributed by atoms with Gasteiger partial charge in [0.05, 0.1) is 0 Å². The monoisotopic (exact) mass is 242 g/mol. The standard InChI is InChI=1S/C14H30N2O/c1-11-5-4-7-14(10-15,8-6-11)16-13(3)12(2)9-17/h11-13,16-17H,4-10,15H2,1-3H3. The van der Waals surface area contributed by atoms with Crippen LogP contribution in [0.2, 0.25) is 0 Å². The topological polar surface area (TPSA) is 58.3 Å². The number of aliphatic hydroxyl groups is 1. The summed E-state index contributed by atoms with van der Waals surface area (Å²) in [5.41, 5.74) is 6.12. The van der Waals surface area contributed by atoms with Gasteiger partial charge in [-0.1, -0.05) is 26.7 Å². The van der Waals surface area contributed by atoms with Crippen LogP contribution < -0.4 is 11.1 Å². The molecular weight excluding hydrogens is 212 g/mol. The van der Waals surface area contributed by atoms with Gasteiger partial charge in [0, 0.05) is 24.7 Å². The van der Waals surface area contributed by atoms with Gasteiger partial charge < -0.3 is 16.2 Å². The van der Waals surface area contributed by atoms with Crippen molar-refractivity contribution in [1.29, 1.82) is 0 Å². The Labute approximate surface area is 106 Å². The zero-order chi connectivity index (χ0) is 12.9. The van der Waals surface area contributed by atoms with Crippen LogP contribution in [0.4, 0.5) is 0 Å². The van der Waals surface area contributed by atoms with Crippen molar-refractivity contribution in [2.75, 3.05) is 13.2 Å². The van der Waals surface area contributed by atoms with Gasteiger partial charge in [0.15, 0.2) is 0 Å². The van der Waals surface area contributed by atoms with E-state index in [-0.39, 0.29) is 12.1 Å². The van der Waals surface area contributed by atoms with Crippen molar-refractivity contribution in [3.05, 3.63) is 0 Å². The van der Waals surface area contributed by atoms with Crippen LogP contribution in [0.25, 0.3) is 0 Å². The molecule has 0 amide bonds. The van der Waals surface area contributed by atoms with E-state index < -0.39 is 0 Å². The fraction of sp³-hybridized carbons (Fsp3) is 1.00. The van der Waals surface area contributed by atoms with E-state index >= 15 is 0 Å². The van der Waals surface area contributed by atoms with E-state index in [1.54, 1.807) is 0 Å². The molecule has 0 saturated heterocycles. The normalized spacial score (nSPS) is 34.1. The van der Waals surface area contributed by atoms with Crippen LogP contribution in [-0.2, 0) is 0 Å². The highest BCUT2D eigenvalue weighted by Gasteiger charge is 2.32. The zero-order valence-corrected chi connectivity index (χ0v) is 11.7. The molecule has 0 aromatic carbocycles. The molecule has 4 atom stereocenters. The molecule has 0 aromatic heterocycles. The maximum atomic E-state index is 9.22. The van der Waals surface area contributed by atoms with Gasteiger partial charge in [-0.15, -0.1) is 0 Å². The smallest absolute Gasteiger partial charge is 0.0471 e. The Balaban J connectivity index is 2.61. The molecule has 4 N–H and O–H groups in total. The summed E-state index contributed by atoms with van der Waals surface area (Å²) in [5, 5.41) is 12.9. The Hall–Kier alpha value is -0.120. The van der Waals surface area contributed by atoms with E-state index in [0.717, 1.165) is 5.92 Å². The lowest BCUT2D eigenvalue weighted by molar-refractivity contribution is 0.171. The molecule has 3 heteroatoms. The van der Waals surface area contributed by atoms with Crippen molar-refractivity contribution < 1.29 is 5.11 Å². The maximum Gasteiger partial charge on any atom is 0.0471 e. The fourth-order valence-corrected chi connectivity index (χ4v) is 2.77. The summed E-state index contributed by atoms with van der Waals surface area (Å²) in [5.74, 6) is 1.12. The van der Waals surface area contributed by atoms with E-state index in [1.807, 2.05) is 0 Å². The van der Waals surface area contributed by atoms with E-state index in [0.29, 0.717) is 18.5 Å². The lowest BCUT2D eigenvalue weighted by Crippen LogP contribution is -2.56. The first-order valence-electron chi connectivity index (χ1n) is 7.11. The number of nitrogens with two attached hydrogens (primary N) is 1. The van der Waals surface area contributed by atoms with Gasteiger partial charge in [-0.2, -0.15) is 0 Å². The molecule has 0 bridgehead atoms. The number of rotatable bonds is 5. The average Bonchev–Trinajstić information content (AvgIpc) is 2.51. The largest absolute Gasteiger partial charge is 0.396 e. The third kappa shape index (κ3) is 4.23. The molecule has 1 aliphatic rings. The molecule has 3 nitrogen and oxygen atoms in total. The van der Waals surface area contributed by atoms with E-state index in [2.05, 4.69) is 26.1 Å². The Kier molecular flexibility index (Phi) is 5.90. The molecule has 0 aromatic rings. The summed E-state index contributed by atoms with van der Waals surface area (Å²) in [6, 6.07) is 0.331. The van der Waals surface area contributed by atoms with Gasteiger partial charge in [-0.25, -0.2) is 0 Å². The zero-order valence-electron chi connectivity index (χ0n) is 11.7. The van der Waals surface area contributed by atoms with E-state index in [9.17, 15) is 5.11 Å². The minimum absolute atomic E-state index is 0.105. The van der Waals surface area contributed by atoms with Crippen LogP contribution in [0.5, 0.6) is 0 Å². The molecule has 1 aliphatic carbocycles. The first-order chi connectivity index (χ1) is 8.03. The van der Waals surface area contributed by atoms with Crippen molar-refractivity contribution in [2.45, 2.75) is 64.5 Å². The summed E-state index contributed by atoms with van der Waals surface area (Å²) < 4.78 is 0. The lowest BCUT2D eigenvalue weighted by Gasteiger charge is -2.37. The van der Waals surface area contributed by atoms with Gasteiger partial charge >= 0.3 is 0 Å². The molecule has 1 saturated carbocycles. The van der Waals surface area contributed by atoms with Crippen LogP contribution in [0, 0.1) is 11.8 Å². The Morgan fingerprint density at radius 3 is 2.65 bits per heavy atom.